The van der Waals surface area contributed by atoms with Crippen LogP contribution in [0.3, 0.4) is 0 Å². The molecule has 0 fully saturated rings. The van der Waals surface area contributed by atoms with E-state index in [0.29, 0.717) is 0 Å². The number of hydrogen-bond donors (Lipinski definition) is 0. The van der Waals surface area contributed by atoms with E-state index in [1.165, 1.54) is 10.8 Å². The Morgan fingerprint density at radius 2 is 1.48 bits per heavy atom. The first-order valence-electron chi connectivity index (χ1n) is 7.63. The van der Waals surface area contributed by atoms with Gasteiger partial charge >= 0.3 is 0 Å². The predicted molar refractivity (Wildman–Crippen MR) is 101 cm³/mol. The summed E-state index contributed by atoms with van der Waals surface area (Å²) in [6, 6.07) is 25.1. The maximum atomic E-state index is 3.97. The van der Waals surface area contributed by atoms with Crippen molar-refractivity contribution in [3.63, 3.8) is 0 Å². The zero-order valence-electron chi connectivity index (χ0n) is 13.0. The summed E-state index contributed by atoms with van der Waals surface area (Å²) in [5.41, 5.74) is 3.21. The quantitative estimate of drug-likeness (QED) is 0.504. The lowest BCUT2D eigenvalue weighted by molar-refractivity contribution is 1.22. The van der Waals surface area contributed by atoms with Crippen molar-refractivity contribution < 1.29 is 0 Å². The first-order chi connectivity index (χ1) is 11.3. The molecule has 3 rings (SSSR count). The summed E-state index contributed by atoms with van der Waals surface area (Å²) in [6.07, 6.45) is 5.62. The van der Waals surface area contributed by atoms with Gasteiger partial charge in [0, 0.05) is 16.8 Å². The van der Waals surface area contributed by atoms with Gasteiger partial charge in [-0.1, -0.05) is 73.8 Å². The van der Waals surface area contributed by atoms with Gasteiger partial charge in [0.05, 0.1) is 5.69 Å². The van der Waals surface area contributed by atoms with E-state index in [9.17, 15) is 0 Å². The number of allylic oxidation sites excluding steroid dienone is 3. The van der Waals surface area contributed by atoms with Gasteiger partial charge < -0.3 is 4.90 Å². The van der Waals surface area contributed by atoms with Crippen LogP contribution in [0.15, 0.2) is 110 Å². The maximum Gasteiger partial charge on any atom is 0.0540 e. The highest BCUT2D eigenvalue weighted by Crippen LogP contribution is 2.35. The Bertz CT molecular complexity index is 854. The van der Waals surface area contributed by atoms with Crippen LogP contribution in [0.1, 0.15) is 0 Å². The van der Waals surface area contributed by atoms with Crippen LogP contribution in [-0.2, 0) is 0 Å². The smallest absolute Gasteiger partial charge is 0.0540 e. The van der Waals surface area contributed by atoms with Crippen molar-refractivity contribution in [1.82, 2.24) is 0 Å². The van der Waals surface area contributed by atoms with Crippen LogP contribution in [0.2, 0.25) is 0 Å². The predicted octanol–water partition coefficient (Wildman–Crippen LogP) is 6.23. The second kappa shape index (κ2) is 6.80. The molecule has 0 unspecified atom stereocenters. The molecule has 112 valence electrons. The molecule has 3 aromatic carbocycles. The SMILES string of the molecule is C=CC=C(C=C)N(c1ccccc1)c1cccc2ccccc12. The minimum Gasteiger partial charge on any atom is -0.310 e. The van der Waals surface area contributed by atoms with Crippen molar-refractivity contribution in [3.05, 3.63) is 110 Å². The van der Waals surface area contributed by atoms with E-state index in [4.69, 9.17) is 0 Å². The topological polar surface area (TPSA) is 3.24 Å². The second-order valence-electron chi connectivity index (χ2n) is 5.20. The van der Waals surface area contributed by atoms with Crippen molar-refractivity contribution in [2.75, 3.05) is 4.90 Å². The molecule has 23 heavy (non-hydrogen) atoms. The molecule has 0 heterocycles. The third-order valence-electron chi connectivity index (χ3n) is 3.78. The Morgan fingerprint density at radius 3 is 2.22 bits per heavy atom. The molecule has 1 nitrogen and oxygen atoms in total. The van der Waals surface area contributed by atoms with Gasteiger partial charge in [-0.15, -0.1) is 0 Å². The number of fused-ring (bicyclic) bond motifs is 1. The van der Waals surface area contributed by atoms with Gasteiger partial charge in [-0.25, -0.2) is 0 Å². The molecule has 3 aromatic rings. The van der Waals surface area contributed by atoms with Gasteiger partial charge in [-0.05, 0) is 35.7 Å². The largest absolute Gasteiger partial charge is 0.310 e. The van der Waals surface area contributed by atoms with E-state index in [0.717, 1.165) is 17.1 Å². The van der Waals surface area contributed by atoms with Crippen molar-refractivity contribution in [2.24, 2.45) is 0 Å². The van der Waals surface area contributed by atoms with Crippen LogP contribution in [-0.4, -0.2) is 0 Å². The van der Waals surface area contributed by atoms with Crippen molar-refractivity contribution in [3.8, 4) is 0 Å². The maximum absolute atomic E-state index is 3.97. The average Bonchev–Trinajstić information content (AvgIpc) is 2.62. The van der Waals surface area contributed by atoms with Gasteiger partial charge in [0.25, 0.3) is 0 Å². The number of benzene rings is 3. The standard InChI is InChI=1S/C22H19N/c1-3-11-19(4-2)23(20-14-6-5-7-15-20)22-17-10-13-18-12-8-9-16-21(18)22/h3-17H,1-2H2. The first kappa shape index (κ1) is 14.9. The molecule has 0 N–H and O–H groups in total. The van der Waals surface area contributed by atoms with Gasteiger partial charge in [0.15, 0.2) is 0 Å². The van der Waals surface area contributed by atoms with Gasteiger partial charge in [0.2, 0.25) is 0 Å². The molecule has 0 saturated heterocycles. The number of rotatable bonds is 5. The Balaban J connectivity index is 2.28. The molecule has 0 aliphatic carbocycles. The molecule has 0 aromatic heterocycles. The molecule has 0 atom stereocenters. The van der Waals surface area contributed by atoms with E-state index in [1.54, 1.807) is 6.08 Å². The fourth-order valence-corrected chi connectivity index (χ4v) is 2.76. The minimum atomic E-state index is 0.988. The van der Waals surface area contributed by atoms with E-state index in [1.807, 2.05) is 30.4 Å². The summed E-state index contributed by atoms with van der Waals surface area (Å²) < 4.78 is 0. The molecule has 0 saturated carbocycles. The highest BCUT2D eigenvalue weighted by Gasteiger charge is 2.14. The molecule has 0 aliphatic rings. The summed E-state index contributed by atoms with van der Waals surface area (Å²) >= 11 is 0. The summed E-state index contributed by atoms with van der Waals surface area (Å²) in [4.78, 5) is 2.21. The van der Waals surface area contributed by atoms with Crippen molar-refractivity contribution >= 4 is 22.1 Å². The third kappa shape index (κ3) is 2.95. The number of nitrogens with zero attached hydrogens (tertiary/aromatic N) is 1. The minimum absolute atomic E-state index is 0.988. The van der Waals surface area contributed by atoms with E-state index >= 15 is 0 Å². The molecule has 1 heteroatoms. The molecule has 0 spiro atoms. The van der Waals surface area contributed by atoms with E-state index < -0.39 is 0 Å². The van der Waals surface area contributed by atoms with Crippen LogP contribution in [0, 0.1) is 0 Å². The van der Waals surface area contributed by atoms with Crippen molar-refractivity contribution in [2.45, 2.75) is 0 Å². The number of para-hydroxylation sites is 1. The van der Waals surface area contributed by atoms with Crippen LogP contribution in [0.25, 0.3) is 10.8 Å². The monoisotopic (exact) mass is 297 g/mol. The van der Waals surface area contributed by atoms with Crippen LogP contribution in [0.4, 0.5) is 11.4 Å². The van der Waals surface area contributed by atoms with Crippen LogP contribution in [0.5, 0.6) is 0 Å². The lowest BCUT2D eigenvalue weighted by Gasteiger charge is -2.27. The van der Waals surface area contributed by atoms with Gasteiger partial charge in [-0.2, -0.15) is 0 Å². The fourth-order valence-electron chi connectivity index (χ4n) is 2.76. The molecule has 0 radical (unpaired) electrons. The Labute approximate surface area is 137 Å². The molecular formula is C22H19N. The van der Waals surface area contributed by atoms with Gasteiger partial charge in [0.1, 0.15) is 0 Å². The van der Waals surface area contributed by atoms with E-state index in [-0.39, 0.29) is 0 Å². The Morgan fingerprint density at radius 1 is 0.783 bits per heavy atom. The lowest BCUT2D eigenvalue weighted by Crippen LogP contribution is -2.15. The average molecular weight is 297 g/mol. The van der Waals surface area contributed by atoms with Gasteiger partial charge in [-0.3, -0.25) is 0 Å². The highest BCUT2D eigenvalue weighted by atomic mass is 15.1. The number of anilines is 2. The molecule has 0 bridgehead atoms. The Kier molecular flexibility index (Phi) is 4.39. The highest BCUT2D eigenvalue weighted by molar-refractivity contribution is 5.97. The zero-order chi connectivity index (χ0) is 16.1. The van der Waals surface area contributed by atoms with E-state index in [2.05, 4.69) is 72.7 Å². The van der Waals surface area contributed by atoms with Crippen LogP contribution >= 0.6 is 0 Å². The molecule has 0 amide bonds. The Hall–Kier alpha value is -3.06. The third-order valence-corrected chi connectivity index (χ3v) is 3.78. The molecule has 0 aliphatic heterocycles. The number of hydrogen-bond acceptors (Lipinski definition) is 1. The summed E-state index contributed by atoms with van der Waals surface area (Å²) in [7, 11) is 0. The normalized spacial score (nSPS) is 11.2. The first-order valence-corrected chi connectivity index (χ1v) is 7.63. The summed E-state index contributed by atoms with van der Waals surface area (Å²) in [6.45, 7) is 7.80. The lowest BCUT2D eigenvalue weighted by atomic mass is 10.1. The van der Waals surface area contributed by atoms with Crippen molar-refractivity contribution in [1.29, 1.82) is 0 Å². The fraction of sp³-hybridized carbons (Fsp3) is 0. The van der Waals surface area contributed by atoms with Crippen LogP contribution < -0.4 is 4.90 Å². The summed E-state index contributed by atoms with van der Waals surface area (Å²) in [5, 5.41) is 2.42. The molecular weight excluding hydrogens is 278 g/mol. The summed E-state index contributed by atoms with van der Waals surface area (Å²) in [5.74, 6) is 0. The second-order valence-corrected chi connectivity index (χ2v) is 5.20. The zero-order valence-corrected chi connectivity index (χ0v) is 13.0.